The van der Waals surface area contributed by atoms with Crippen molar-refractivity contribution in [2.24, 2.45) is 0 Å². The number of aromatic nitrogens is 2. The lowest BCUT2D eigenvalue weighted by Crippen LogP contribution is -2.40. The van der Waals surface area contributed by atoms with E-state index >= 15 is 0 Å². The lowest BCUT2D eigenvalue weighted by atomic mass is 9.93. The fraction of sp³-hybridized carbons (Fsp3) is 0.304. The van der Waals surface area contributed by atoms with Crippen LogP contribution in [0.4, 0.5) is 10.3 Å². The SMILES string of the molecule is CC1=C(C(=O)N2CCCCC2)C(c2ccc(F)cc2)n2c(nc3ccccc32)N1. The van der Waals surface area contributed by atoms with Crippen molar-refractivity contribution in [2.75, 3.05) is 18.4 Å². The largest absolute Gasteiger partial charge is 0.339 e. The molecular weight excluding hydrogens is 367 g/mol. The number of imidazole rings is 1. The van der Waals surface area contributed by atoms with Crippen molar-refractivity contribution >= 4 is 22.9 Å². The number of nitrogens with zero attached hydrogens (tertiary/aromatic N) is 3. The predicted octanol–water partition coefficient (Wildman–Crippen LogP) is 4.48. The van der Waals surface area contributed by atoms with Gasteiger partial charge in [-0.25, -0.2) is 9.37 Å². The maximum absolute atomic E-state index is 13.6. The summed E-state index contributed by atoms with van der Waals surface area (Å²) in [7, 11) is 0. The van der Waals surface area contributed by atoms with Crippen LogP contribution in [-0.4, -0.2) is 33.4 Å². The number of nitrogens with one attached hydrogen (secondary N) is 1. The Morgan fingerprint density at radius 1 is 1.07 bits per heavy atom. The van der Waals surface area contributed by atoms with Crippen LogP contribution in [0.5, 0.6) is 0 Å². The molecule has 0 spiro atoms. The van der Waals surface area contributed by atoms with Gasteiger partial charge in [0.25, 0.3) is 5.91 Å². The molecule has 29 heavy (non-hydrogen) atoms. The number of amides is 1. The molecule has 1 unspecified atom stereocenters. The second kappa shape index (κ2) is 7.03. The van der Waals surface area contributed by atoms with Crippen LogP contribution in [0.2, 0.25) is 0 Å². The van der Waals surface area contributed by atoms with E-state index in [0.717, 1.165) is 54.6 Å². The van der Waals surface area contributed by atoms with Crippen molar-refractivity contribution in [2.45, 2.75) is 32.2 Å². The summed E-state index contributed by atoms with van der Waals surface area (Å²) in [6.07, 6.45) is 3.23. The number of carbonyl (C=O) groups excluding carboxylic acids is 1. The van der Waals surface area contributed by atoms with Gasteiger partial charge in [-0.1, -0.05) is 24.3 Å². The number of benzene rings is 2. The van der Waals surface area contributed by atoms with Crippen LogP contribution in [0.25, 0.3) is 11.0 Å². The minimum Gasteiger partial charge on any atom is -0.339 e. The summed E-state index contributed by atoms with van der Waals surface area (Å²) in [5.74, 6) is 0.462. The van der Waals surface area contributed by atoms with Crippen molar-refractivity contribution in [3.63, 3.8) is 0 Å². The molecule has 0 aliphatic carbocycles. The van der Waals surface area contributed by atoms with Crippen molar-refractivity contribution in [3.8, 4) is 0 Å². The molecule has 2 aromatic carbocycles. The van der Waals surface area contributed by atoms with Crippen LogP contribution in [0.15, 0.2) is 59.8 Å². The topological polar surface area (TPSA) is 50.2 Å². The number of likely N-dealkylation sites (tertiary alicyclic amines) is 1. The number of allylic oxidation sites excluding steroid dienone is 1. The maximum atomic E-state index is 13.6. The molecule has 0 radical (unpaired) electrons. The molecule has 2 aliphatic heterocycles. The molecule has 5 nitrogen and oxygen atoms in total. The van der Waals surface area contributed by atoms with Gasteiger partial charge < -0.3 is 10.2 Å². The number of para-hydroxylation sites is 2. The average Bonchev–Trinajstić information content (AvgIpc) is 3.11. The number of carbonyl (C=O) groups is 1. The summed E-state index contributed by atoms with van der Waals surface area (Å²) in [4.78, 5) is 20.3. The van der Waals surface area contributed by atoms with Crippen LogP contribution in [0.3, 0.4) is 0 Å². The molecule has 5 rings (SSSR count). The smallest absolute Gasteiger partial charge is 0.254 e. The van der Waals surface area contributed by atoms with E-state index in [1.807, 2.05) is 36.1 Å². The number of fused-ring (bicyclic) bond motifs is 3. The van der Waals surface area contributed by atoms with Gasteiger partial charge in [0.2, 0.25) is 5.95 Å². The third-order valence-electron chi connectivity index (χ3n) is 5.89. The zero-order valence-corrected chi connectivity index (χ0v) is 16.4. The van der Waals surface area contributed by atoms with Crippen LogP contribution in [0, 0.1) is 5.82 Å². The van der Waals surface area contributed by atoms with Gasteiger partial charge >= 0.3 is 0 Å². The molecule has 1 N–H and O–H groups in total. The van der Waals surface area contributed by atoms with Gasteiger partial charge in [-0.15, -0.1) is 0 Å². The first-order valence-electron chi connectivity index (χ1n) is 10.1. The van der Waals surface area contributed by atoms with Crippen LogP contribution >= 0.6 is 0 Å². The number of piperidine rings is 1. The molecule has 6 heteroatoms. The van der Waals surface area contributed by atoms with Crippen molar-refractivity contribution in [3.05, 3.63) is 71.2 Å². The third kappa shape index (κ3) is 2.99. The van der Waals surface area contributed by atoms with E-state index in [1.54, 1.807) is 12.1 Å². The van der Waals surface area contributed by atoms with Gasteiger partial charge in [0.15, 0.2) is 0 Å². The Labute approximate surface area is 168 Å². The first-order chi connectivity index (χ1) is 14.1. The second-order valence-corrected chi connectivity index (χ2v) is 7.76. The van der Waals surface area contributed by atoms with Crippen molar-refractivity contribution in [1.82, 2.24) is 14.5 Å². The molecule has 148 valence electrons. The standard InChI is InChI=1S/C23H23FN4O/c1-15-20(22(29)27-13-5-2-6-14-27)21(16-9-11-17(24)12-10-16)28-19-8-4-3-7-18(19)26-23(28)25-15/h3-4,7-12,21H,2,5-6,13-14H2,1H3,(H,25,26). The Balaban J connectivity index is 1.69. The first kappa shape index (κ1) is 17.9. The van der Waals surface area contributed by atoms with Crippen molar-refractivity contribution < 1.29 is 9.18 Å². The molecule has 1 amide bonds. The highest BCUT2D eigenvalue weighted by molar-refractivity contribution is 5.98. The summed E-state index contributed by atoms with van der Waals surface area (Å²) in [6.45, 7) is 3.49. The number of rotatable bonds is 2. The van der Waals surface area contributed by atoms with Gasteiger partial charge in [-0.3, -0.25) is 9.36 Å². The summed E-state index contributed by atoms with van der Waals surface area (Å²) >= 11 is 0. The first-order valence-corrected chi connectivity index (χ1v) is 10.1. The summed E-state index contributed by atoms with van der Waals surface area (Å²) < 4.78 is 15.7. The summed E-state index contributed by atoms with van der Waals surface area (Å²) in [5.41, 5.74) is 4.19. The number of hydrogen-bond donors (Lipinski definition) is 1. The van der Waals surface area contributed by atoms with E-state index in [4.69, 9.17) is 4.98 Å². The lowest BCUT2D eigenvalue weighted by Gasteiger charge is -2.35. The second-order valence-electron chi connectivity index (χ2n) is 7.76. The van der Waals surface area contributed by atoms with E-state index < -0.39 is 0 Å². The highest BCUT2D eigenvalue weighted by atomic mass is 19.1. The zero-order valence-electron chi connectivity index (χ0n) is 16.4. The van der Waals surface area contributed by atoms with Gasteiger partial charge in [0, 0.05) is 18.8 Å². The minimum atomic E-state index is -0.353. The van der Waals surface area contributed by atoms with Crippen LogP contribution in [-0.2, 0) is 4.79 Å². The van der Waals surface area contributed by atoms with E-state index in [9.17, 15) is 9.18 Å². The molecule has 3 aromatic rings. The highest BCUT2D eigenvalue weighted by Gasteiger charge is 2.36. The third-order valence-corrected chi connectivity index (χ3v) is 5.89. The number of halogens is 1. The van der Waals surface area contributed by atoms with Gasteiger partial charge in [0.05, 0.1) is 22.6 Å². The molecule has 1 saturated heterocycles. The lowest BCUT2D eigenvalue weighted by molar-refractivity contribution is -0.128. The van der Waals surface area contributed by atoms with E-state index in [1.165, 1.54) is 12.1 Å². The monoisotopic (exact) mass is 390 g/mol. The molecule has 0 bridgehead atoms. The Kier molecular flexibility index (Phi) is 4.34. The summed E-state index contributed by atoms with van der Waals surface area (Å²) in [6, 6.07) is 14.0. The Hall–Kier alpha value is -3.15. The number of anilines is 1. The molecule has 1 fully saturated rings. The molecule has 1 aromatic heterocycles. The minimum absolute atomic E-state index is 0.0486. The zero-order chi connectivity index (χ0) is 20.0. The Morgan fingerprint density at radius 2 is 1.79 bits per heavy atom. The molecule has 3 heterocycles. The quantitative estimate of drug-likeness (QED) is 0.702. The molecule has 1 atom stereocenters. The summed E-state index contributed by atoms with van der Waals surface area (Å²) in [5, 5.41) is 3.34. The van der Waals surface area contributed by atoms with Gasteiger partial charge in [-0.2, -0.15) is 0 Å². The average molecular weight is 390 g/mol. The fourth-order valence-corrected chi connectivity index (χ4v) is 4.47. The van der Waals surface area contributed by atoms with E-state index in [0.29, 0.717) is 11.5 Å². The molecule has 0 saturated carbocycles. The highest BCUT2D eigenvalue weighted by Crippen LogP contribution is 2.40. The van der Waals surface area contributed by atoms with E-state index in [-0.39, 0.29) is 17.8 Å². The normalized spacial score (nSPS) is 19.2. The molecular formula is C23H23FN4O. The van der Waals surface area contributed by atoms with E-state index in [2.05, 4.69) is 9.88 Å². The molecule has 2 aliphatic rings. The van der Waals surface area contributed by atoms with Gasteiger partial charge in [-0.05, 0) is 56.0 Å². The Morgan fingerprint density at radius 3 is 2.55 bits per heavy atom. The van der Waals surface area contributed by atoms with Crippen LogP contribution in [0.1, 0.15) is 37.8 Å². The number of hydrogen-bond acceptors (Lipinski definition) is 3. The fourth-order valence-electron chi connectivity index (χ4n) is 4.47. The van der Waals surface area contributed by atoms with Crippen molar-refractivity contribution in [1.29, 1.82) is 0 Å². The maximum Gasteiger partial charge on any atom is 0.254 e. The predicted molar refractivity (Wildman–Crippen MR) is 111 cm³/mol. The van der Waals surface area contributed by atoms with Gasteiger partial charge in [0.1, 0.15) is 5.82 Å². The Bertz CT molecular complexity index is 1110. The van der Waals surface area contributed by atoms with Crippen LogP contribution < -0.4 is 5.32 Å².